The molecule has 4 nitrogen and oxygen atoms in total. The molecule has 1 aromatic rings. The van der Waals surface area contributed by atoms with Crippen LogP contribution in [0.2, 0.25) is 0 Å². The van der Waals surface area contributed by atoms with Crippen molar-refractivity contribution in [2.24, 2.45) is 5.92 Å². The lowest BCUT2D eigenvalue weighted by molar-refractivity contribution is 0.101. The van der Waals surface area contributed by atoms with Crippen LogP contribution in [-0.4, -0.2) is 22.3 Å². The molecule has 1 aromatic heterocycles. The minimum atomic E-state index is 0.00871. The zero-order valence-corrected chi connectivity index (χ0v) is 8.92. The molecule has 0 radical (unpaired) electrons. The SMILES string of the molecule is CC(=O)c1cnc(NCCC(C)C)[nH]1. The van der Waals surface area contributed by atoms with Gasteiger partial charge in [0.2, 0.25) is 5.95 Å². The van der Waals surface area contributed by atoms with Gasteiger partial charge in [0.15, 0.2) is 5.78 Å². The highest BCUT2D eigenvalue weighted by molar-refractivity contribution is 5.92. The van der Waals surface area contributed by atoms with E-state index in [1.807, 2.05) is 0 Å². The zero-order chi connectivity index (χ0) is 10.6. The van der Waals surface area contributed by atoms with Crippen molar-refractivity contribution in [3.05, 3.63) is 11.9 Å². The molecule has 0 amide bonds. The van der Waals surface area contributed by atoms with E-state index in [9.17, 15) is 4.79 Å². The number of nitrogens with one attached hydrogen (secondary N) is 2. The Hall–Kier alpha value is -1.32. The number of aromatic nitrogens is 2. The van der Waals surface area contributed by atoms with E-state index in [0.29, 0.717) is 17.6 Å². The monoisotopic (exact) mass is 195 g/mol. The molecule has 0 aliphatic rings. The summed E-state index contributed by atoms with van der Waals surface area (Å²) in [7, 11) is 0. The summed E-state index contributed by atoms with van der Waals surface area (Å²) >= 11 is 0. The summed E-state index contributed by atoms with van der Waals surface area (Å²) in [5.41, 5.74) is 0.553. The number of ketones is 1. The van der Waals surface area contributed by atoms with E-state index < -0.39 is 0 Å². The van der Waals surface area contributed by atoms with Gasteiger partial charge < -0.3 is 10.3 Å². The fourth-order valence-corrected chi connectivity index (χ4v) is 1.07. The lowest BCUT2D eigenvalue weighted by atomic mass is 10.1. The molecule has 0 aromatic carbocycles. The second-order valence-electron chi connectivity index (χ2n) is 3.81. The van der Waals surface area contributed by atoms with Crippen LogP contribution in [0.5, 0.6) is 0 Å². The van der Waals surface area contributed by atoms with Crippen molar-refractivity contribution in [1.29, 1.82) is 0 Å². The first-order chi connectivity index (χ1) is 6.59. The summed E-state index contributed by atoms with van der Waals surface area (Å²) in [4.78, 5) is 17.9. The number of Topliss-reactive ketones (excluding diaryl/α,β-unsaturated/α-hetero) is 1. The van der Waals surface area contributed by atoms with Crippen molar-refractivity contribution < 1.29 is 4.79 Å². The minimum absolute atomic E-state index is 0.00871. The Morgan fingerprint density at radius 2 is 2.36 bits per heavy atom. The number of hydrogen-bond acceptors (Lipinski definition) is 3. The number of imidazole rings is 1. The molecule has 0 saturated carbocycles. The van der Waals surface area contributed by atoms with E-state index in [2.05, 4.69) is 29.1 Å². The average Bonchev–Trinajstić information content (AvgIpc) is 2.52. The van der Waals surface area contributed by atoms with Crippen LogP contribution < -0.4 is 5.32 Å². The van der Waals surface area contributed by atoms with Gasteiger partial charge >= 0.3 is 0 Å². The van der Waals surface area contributed by atoms with Gasteiger partial charge in [-0.2, -0.15) is 0 Å². The molecule has 0 aliphatic heterocycles. The van der Waals surface area contributed by atoms with Crippen molar-refractivity contribution >= 4 is 11.7 Å². The van der Waals surface area contributed by atoms with E-state index in [0.717, 1.165) is 13.0 Å². The van der Waals surface area contributed by atoms with Crippen molar-refractivity contribution in [2.75, 3.05) is 11.9 Å². The number of carbonyl (C=O) groups is 1. The van der Waals surface area contributed by atoms with Gasteiger partial charge in [-0.15, -0.1) is 0 Å². The van der Waals surface area contributed by atoms with Crippen LogP contribution in [0.15, 0.2) is 6.20 Å². The quantitative estimate of drug-likeness (QED) is 0.707. The minimum Gasteiger partial charge on any atom is -0.356 e. The Morgan fingerprint density at radius 3 is 2.86 bits per heavy atom. The maximum Gasteiger partial charge on any atom is 0.200 e. The fraction of sp³-hybridized carbons (Fsp3) is 0.600. The van der Waals surface area contributed by atoms with E-state index >= 15 is 0 Å². The van der Waals surface area contributed by atoms with Gasteiger partial charge in [0.05, 0.1) is 6.20 Å². The zero-order valence-electron chi connectivity index (χ0n) is 8.92. The number of H-pyrrole nitrogens is 1. The average molecular weight is 195 g/mol. The fourth-order valence-electron chi connectivity index (χ4n) is 1.07. The van der Waals surface area contributed by atoms with Gasteiger partial charge in [0.25, 0.3) is 0 Å². The summed E-state index contributed by atoms with van der Waals surface area (Å²) in [6.45, 7) is 6.74. The molecule has 0 aliphatic carbocycles. The van der Waals surface area contributed by atoms with Gasteiger partial charge in [0, 0.05) is 13.5 Å². The largest absolute Gasteiger partial charge is 0.356 e. The molecule has 0 atom stereocenters. The summed E-state index contributed by atoms with van der Waals surface area (Å²) in [5, 5.41) is 3.13. The molecule has 1 heterocycles. The Balaban J connectivity index is 2.40. The molecule has 0 bridgehead atoms. The van der Waals surface area contributed by atoms with Crippen LogP contribution in [0.3, 0.4) is 0 Å². The highest BCUT2D eigenvalue weighted by Crippen LogP contribution is 2.04. The lowest BCUT2D eigenvalue weighted by Crippen LogP contribution is -2.06. The molecule has 0 spiro atoms. The molecular formula is C10H17N3O. The smallest absolute Gasteiger partial charge is 0.200 e. The van der Waals surface area contributed by atoms with Gasteiger partial charge in [-0.25, -0.2) is 4.98 Å². The number of nitrogens with zero attached hydrogens (tertiary/aromatic N) is 1. The molecule has 0 unspecified atom stereocenters. The topological polar surface area (TPSA) is 57.8 Å². The summed E-state index contributed by atoms with van der Waals surface area (Å²) < 4.78 is 0. The molecule has 2 N–H and O–H groups in total. The number of anilines is 1. The predicted octanol–water partition coefficient (Wildman–Crippen LogP) is 2.07. The van der Waals surface area contributed by atoms with Crippen molar-refractivity contribution in [1.82, 2.24) is 9.97 Å². The Labute approximate surface area is 84.1 Å². The third-order valence-corrected chi connectivity index (χ3v) is 1.97. The van der Waals surface area contributed by atoms with E-state index in [-0.39, 0.29) is 5.78 Å². The maximum absolute atomic E-state index is 10.9. The number of rotatable bonds is 5. The van der Waals surface area contributed by atoms with Crippen molar-refractivity contribution in [3.8, 4) is 0 Å². The third kappa shape index (κ3) is 3.20. The number of hydrogen-bond donors (Lipinski definition) is 2. The molecule has 78 valence electrons. The standard InChI is InChI=1S/C10H17N3O/c1-7(2)4-5-11-10-12-6-9(13-10)8(3)14/h6-7H,4-5H2,1-3H3,(H2,11,12,13). The molecule has 1 rings (SSSR count). The van der Waals surface area contributed by atoms with E-state index in [4.69, 9.17) is 0 Å². The second kappa shape index (κ2) is 4.79. The predicted molar refractivity (Wildman–Crippen MR) is 56.5 cm³/mol. The molecular weight excluding hydrogens is 178 g/mol. The third-order valence-electron chi connectivity index (χ3n) is 1.97. The molecule has 14 heavy (non-hydrogen) atoms. The Bertz CT molecular complexity index is 304. The molecule has 0 saturated heterocycles. The van der Waals surface area contributed by atoms with Crippen LogP contribution >= 0.6 is 0 Å². The number of carbonyl (C=O) groups excluding carboxylic acids is 1. The van der Waals surface area contributed by atoms with Crippen molar-refractivity contribution in [3.63, 3.8) is 0 Å². The van der Waals surface area contributed by atoms with Crippen molar-refractivity contribution in [2.45, 2.75) is 27.2 Å². The van der Waals surface area contributed by atoms with Crippen LogP contribution in [0.25, 0.3) is 0 Å². The normalized spacial score (nSPS) is 10.6. The molecule has 4 heteroatoms. The highest BCUT2D eigenvalue weighted by atomic mass is 16.1. The van der Waals surface area contributed by atoms with Gasteiger partial charge in [0.1, 0.15) is 5.69 Å². The Kier molecular flexibility index (Phi) is 3.68. The maximum atomic E-state index is 10.9. The molecule has 0 fully saturated rings. The van der Waals surface area contributed by atoms with Crippen LogP contribution in [0.1, 0.15) is 37.7 Å². The van der Waals surface area contributed by atoms with Gasteiger partial charge in [-0.1, -0.05) is 13.8 Å². The summed E-state index contributed by atoms with van der Waals surface area (Å²) in [6, 6.07) is 0. The highest BCUT2D eigenvalue weighted by Gasteiger charge is 2.03. The Morgan fingerprint density at radius 1 is 1.64 bits per heavy atom. The first-order valence-corrected chi connectivity index (χ1v) is 4.89. The second-order valence-corrected chi connectivity index (χ2v) is 3.81. The van der Waals surface area contributed by atoms with E-state index in [1.54, 1.807) is 6.20 Å². The van der Waals surface area contributed by atoms with Gasteiger partial charge in [-0.3, -0.25) is 4.79 Å². The lowest BCUT2D eigenvalue weighted by Gasteiger charge is -2.04. The number of aromatic amines is 1. The first kappa shape index (κ1) is 10.8. The van der Waals surface area contributed by atoms with Crippen LogP contribution in [0, 0.1) is 5.92 Å². The van der Waals surface area contributed by atoms with Crippen LogP contribution in [0.4, 0.5) is 5.95 Å². The first-order valence-electron chi connectivity index (χ1n) is 4.89. The van der Waals surface area contributed by atoms with Crippen LogP contribution in [-0.2, 0) is 0 Å². The van der Waals surface area contributed by atoms with E-state index in [1.165, 1.54) is 6.92 Å². The summed E-state index contributed by atoms with van der Waals surface area (Å²) in [6.07, 6.45) is 2.65. The summed E-state index contributed by atoms with van der Waals surface area (Å²) in [5.74, 6) is 1.36. The van der Waals surface area contributed by atoms with Gasteiger partial charge in [-0.05, 0) is 12.3 Å².